The van der Waals surface area contributed by atoms with Gasteiger partial charge in [-0.05, 0) is 13.0 Å². The van der Waals surface area contributed by atoms with Crippen LogP contribution in [0.4, 0.5) is 5.00 Å². The minimum atomic E-state index is -1.07. The fourth-order valence-electron chi connectivity index (χ4n) is 1.77. The highest BCUT2D eigenvalue weighted by atomic mass is 32.1. The fraction of sp³-hybridized carbons (Fsp3) is 0.364. The van der Waals surface area contributed by atoms with E-state index < -0.39 is 11.9 Å². The van der Waals surface area contributed by atoms with Gasteiger partial charge in [0.05, 0.1) is 11.5 Å². The first kappa shape index (κ1) is 12.6. The van der Waals surface area contributed by atoms with Gasteiger partial charge in [0.25, 0.3) is 0 Å². The molecule has 0 aliphatic carbocycles. The molecule has 6 nitrogen and oxygen atoms in total. The minimum absolute atomic E-state index is 0.0862. The lowest BCUT2D eigenvalue weighted by molar-refractivity contribution is -0.123. The normalized spacial score (nSPS) is 18.5. The lowest BCUT2D eigenvalue weighted by atomic mass is 10.1. The Balaban J connectivity index is 2.11. The summed E-state index contributed by atoms with van der Waals surface area (Å²) < 4.78 is 0. The van der Waals surface area contributed by atoms with Gasteiger partial charge < -0.3 is 15.7 Å². The third kappa shape index (κ3) is 2.51. The fourth-order valence-corrected chi connectivity index (χ4v) is 2.68. The largest absolute Gasteiger partial charge is 0.478 e. The van der Waals surface area contributed by atoms with Crippen LogP contribution in [-0.4, -0.2) is 29.4 Å². The maximum Gasteiger partial charge on any atom is 0.338 e. The number of carbonyl (C=O) groups is 3. The molecule has 2 heterocycles. The van der Waals surface area contributed by atoms with E-state index in [1.54, 1.807) is 6.92 Å². The number of carbonyl (C=O) groups excluding carboxylic acids is 2. The van der Waals surface area contributed by atoms with Crippen molar-refractivity contribution in [3.05, 3.63) is 16.5 Å². The molecule has 1 aromatic heterocycles. The van der Waals surface area contributed by atoms with Crippen molar-refractivity contribution >= 4 is 34.1 Å². The van der Waals surface area contributed by atoms with E-state index in [0.717, 1.165) is 4.88 Å². The van der Waals surface area contributed by atoms with E-state index in [1.807, 2.05) is 0 Å². The van der Waals surface area contributed by atoms with Gasteiger partial charge in [-0.15, -0.1) is 11.3 Å². The van der Waals surface area contributed by atoms with Gasteiger partial charge in [-0.1, -0.05) is 0 Å². The lowest BCUT2D eigenvalue weighted by Crippen LogP contribution is -2.24. The summed E-state index contributed by atoms with van der Waals surface area (Å²) in [6.45, 7) is 2.07. The van der Waals surface area contributed by atoms with Gasteiger partial charge in [-0.2, -0.15) is 0 Å². The first-order chi connectivity index (χ1) is 8.47. The highest BCUT2D eigenvalue weighted by Crippen LogP contribution is 2.28. The maximum atomic E-state index is 11.9. The number of hydrogen-bond donors (Lipinski definition) is 3. The van der Waals surface area contributed by atoms with E-state index in [-0.39, 0.29) is 23.8 Å². The van der Waals surface area contributed by atoms with E-state index in [9.17, 15) is 14.4 Å². The van der Waals surface area contributed by atoms with Gasteiger partial charge >= 0.3 is 5.97 Å². The summed E-state index contributed by atoms with van der Waals surface area (Å²) in [5, 5.41) is 14.5. The molecule has 1 aliphatic heterocycles. The molecule has 3 N–H and O–H groups in total. The van der Waals surface area contributed by atoms with Crippen LogP contribution >= 0.6 is 11.3 Å². The van der Waals surface area contributed by atoms with Crippen LogP contribution in [0, 0.1) is 12.8 Å². The van der Waals surface area contributed by atoms with Crippen LogP contribution in [0.15, 0.2) is 6.07 Å². The molecule has 18 heavy (non-hydrogen) atoms. The van der Waals surface area contributed by atoms with Gasteiger partial charge in [0, 0.05) is 17.8 Å². The number of aryl methyl sites for hydroxylation is 1. The molecule has 0 radical (unpaired) electrons. The van der Waals surface area contributed by atoms with Gasteiger partial charge in [-0.25, -0.2) is 4.79 Å². The summed E-state index contributed by atoms with van der Waals surface area (Å²) in [5.74, 6) is -1.98. The maximum absolute atomic E-state index is 11.9. The first-order valence-corrected chi connectivity index (χ1v) is 6.20. The SMILES string of the molecule is Cc1cc(C(=O)O)c(NC(=O)C2CNC(=O)C2)s1. The van der Waals surface area contributed by atoms with Crippen molar-refractivity contribution in [1.82, 2.24) is 5.32 Å². The molecule has 0 spiro atoms. The zero-order chi connectivity index (χ0) is 13.3. The van der Waals surface area contributed by atoms with Crippen LogP contribution < -0.4 is 10.6 Å². The molecule has 1 unspecified atom stereocenters. The zero-order valence-corrected chi connectivity index (χ0v) is 10.5. The van der Waals surface area contributed by atoms with Crippen molar-refractivity contribution in [3.63, 3.8) is 0 Å². The number of hydrogen-bond acceptors (Lipinski definition) is 4. The van der Waals surface area contributed by atoms with E-state index in [0.29, 0.717) is 11.5 Å². The molecule has 0 saturated carbocycles. The molecular formula is C11H12N2O4S. The number of aromatic carboxylic acids is 1. The van der Waals surface area contributed by atoms with Crippen LogP contribution in [0.2, 0.25) is 0 Å². The molecular weight excluding hydrogens is 256 g/mol. The Kier molecular flexibility index (Phi) is 3.33. The molecule has 96 valence electrons. The average Bonchev–Trinajstić information content (AvgIpc) is 2.85. The van der Waals surface area contributed by atoms with E-state index in [1.165, 1.54) is 17.4 Å². The van der Waals surface area contributed by atoms with Crippen molar-refractivity contribution in [2.45, 2.75) is 13.3 Å². The second-order valence-electron chi connectivity index (χ2n) is 4.10. The predicted octanol–water partition coefficient (Wildman–Crippen LogP) is 0.829. The molecule has 2 rings (SSSR count). The van der Waals surface area contributed by atoms with Gasteiger partial charge in [0.2, 0.25) is 11.8 Å². The number of carboxylic acids is 1. The number of thiophene rings is 1. The monoisotopic (exact) mass is 268 g/mol. The van der Waals surface area contributed by atoms with Crippen molar-refractivity contribution < 1.29 is 19.5 Å². The van der Waals surface area contributed by atoms with Crippen molar-refractivity contribution in [2.75, 3.05) is 11.9 Å². The summed E-state index contributed by atoms with van der Waals surface area (Å²) >= 11 is 1.21. The Morgan fingerprint density at radius 3 is 2.83 bits per heavy atom. The molecule has 7 heteroatoms. The Morgan fingerprint density at radius 2 is 2.28 bits per heavy atom. The highest BCUT2D eigenvalue weighted by molar-refractivity contribution is 7.16. The Hall–Kier alpha value is -1.89. The molecule has 1 aromatic rings. The topological polar surface area (TPSA) is 95.5 Å². The Labute approximate surface area is 107 Å². The summed E-state index contributed by atoms with van der Waals surface area (Å²) in [6, 6.07) is 1.51. The van der Waals surface area contributed by atoms with Crippen molar-refractivity contribution in [2.24, 2.45) is 5.92 Å². The number of nitrogens with one attached hydrogen (secondary N) is 2. The van der Waals surface area contributed by atoms with Crippen LogP contribution in [0.3, 0.4) is 0 Å². The van der Waals surface area contributed by atoms with Crippen molar-refractivity contribution in [1.29, 1.82) is 0 Å². The first-order valence-electron chi connectivity index (χ1n) is 5.38. The van der Waals surface area contributed by atoms with Crippen LogP contribution in [0.1, 0.15) is 21.7 Å². The molecule has 2 amide bonds. The molecule has 0 aromatic carbocycles. The predicted molar refractivity (Wildman–Crippen MR) is 65.8 cm³/mol. The lowest BCUT2D eigenvalue weighted by Gasteiger charge is -2.08. The zero-order valence-electron chi connectivity index (χ0n) is 9.65. The van der Waals surface area contributed by atoms with Gasteiger partial charge in [-0.3, -0.25) is 9.59 Å². The number of rotatable bonds is 3. The summed E-state index contributed by atoms with van der Waals surface area (Å²) in [4.78, 5) is 34.6. The third-order valence-electron chi connectivity index (χ3n) is 2.67. The summed E-state index contributed by atoms with van der Waals surface area (Å²) in [6.07, 6.45) is 0.151. The van der Waals surface area contributed by atoms with Crippen LogP contribution in [0.25, 0.3) is 0 Å². The quantitative estimate of drug-likeness (QED) is 0.756. The average molecular weight is 268 g/mol. The number of anilines is 1. The summed E-state index contributed by atoms with van der Waals surface area (Å²) in [7, 11) is 0. The molecule has 0 bridgehead atoms. The molecule has 1 saturated heterocycles. The third-order valence-corrected chi connectivity index (χ3v) is 3.64. The van der Waals surface area contributed by atoms with E-state index in [4.69, 9.17) is 5.11 Å². The smallest absolute Gasteiger partial charge is 0.338 e. The van der Waals surface area contributed by atoms with Crippen LogP contribution in [-0.2, 0) is 9.59 Å². The molecule has 1 fully saturated rings. The minimum Gasteiger partial charge on any atom is -0.478 e. The second kappa shape index (κ2) is 4.77. The standard InChI is InChI=1S/C11H12N2O4S/c1-5-2-7(11(16)17)10(18-5)13-9(15)6-3-8(14)12-4-6/h2,6H,3-4H2,1H3,(H,12,14)(H,13,15)(H,16,17). The van der Waals surface area contributed by atoms with Crippen molar-refractivity contribution in [3.8, 4) is 0 Å². The number of carboxylic acid groups (broad SMARTS) is 1. The Bertz CT molecular complexity index is 523. The molecule has 1 atom stereocenters. The van der Waals surface area contributed by atoms with E-state index >= 15 is 0 Å². The molecule has 1 aliphatic rings. The van der Waals surface area contributed by atoms with Crippen LogP contribution in [0.5, 0.6) is 0 Å². The highest BCUT2D eigenvalue weighted by Gasteiger charge is 2.29. The second-order valence-corrected chi connectivity index (χ2v) is 5.36. The summed E-state index contributed by atoms with van der Waals surface area (Å²) in [5.41, 5.74) is 0.0862. The van der Waals surface area contributed by atoms with E-state index in [2.05, 4.69) is 10.6 Å². The Morgan fingerprint density at radius 1 is 1.56 bits per heavy atom. The van der Waals surface area contributed by atoms with Gasteiger partial charge in [0.15, 0.2) is 0 Å². The van der Waals surface area contributed by atoms with Gasteiger partial charge in [0.1, 0.15) is 5.00 Å². The number of amides is 2.